The SMILES string of the molecule is CC1CCCCCC1NCc1cnnn1C. The van der Waals surface area contributed by atoms with E-state index in [1.807, 2.05) is 17.9 Å². The molecule has 4 nitrogen and oxygen atoms in total. The van der Waals surface area contributed by atoms with Gasteiger partial charge in [-0.05, 0) is 18.8 Å². The summed E-state index contributed by atoms with van der Waals surface area (Å²) in [5.41, 5.74) is 1.16. The second-order valence-electron chi connectivity index (χ2n) is 4.95. The van der Waals surface area contributed by atoms with Crippen LogP contribution in [0.15, 0.2) is 6.20 Å². The van der Waals surface area contributed by atoms with Crippen molar-refractivity contribution >= 4 is 0 Å². The van der Waals surface area contributed by atoms with Crippen LogP contribution in [-0.2, 0) is 13.6 Å². The van der Waals surface area contributed by atoms with Crippen LogP contribution in [0.5, 0.6) is 0 Å². The van der Waals surface area contributed by atoms with Gasteiger partial charge in [-0.3, -0.25) is 4.68 Å². The number of hydrogen-bond donors (Lipinski definition) is 1. The van der Waals surface area contributed by atoms with Crippen molar-refractivity contribution in [2.75, 3.05) is 0 Å². The summed E-state index contributed by atoms with van der Waals surface area (Å²) in [5.74, 6) is 0.795. The topological polar surface area (TPSA) is 42.7 Å². The third-order valence-corrected chi connectivity index (χ3v) is 3.72. The summed E-state index contributed by atoms with van der Waals surface area (Å²) >= 11 is 0. The minimum atomic E-state index is 0.664. The van der Waals surface area contributed by atoms with Gasteiger partial charge in [-0.2, -0.15) is 0 Å². The fourth-order valence-corrected chi connectivity index (χ4v) is 2.50. The van der Waals surface area contributed by atoms with E-state index < -0.39 is 0 Å². The summed E-state index contributed by atoms with van der Waals surface area (Å²) in [4.78, 5) is 0. The van der Waals surface area contributed by atoms with Crippen molar-refractivity contribution in [2.24, 2.45) is 13.0 Å². The van der Waals surface area contributed by atoms with Crippen molar-refractivity contribution in [1.82, 2.24) is 20.3 Å². The monoisotopic (exact) mass is 222 g/mol. The zero-order valence-electron chi connectivity index (χ0n) is 10.3. The van der Waals surface area contributed by atoms with E-state index in [0.29, 0.717) is 6.04 Å². The Morgan fingerprint density at radius 2 is 2.19 bits per heavy atom. The van der Waals surface area contributed by atoms with E-state index in [1.165, 1.54) is 32.1 Å². The zero-order chi connectivity index (χ0) is 11.4. The molecular formula is C12H22N4. The number of aromatic nitrogens is 3. The average Bonchev–Trinajstić information content (AvgIpc) is 2.56. The molecule has 0 bridgehead atoms. The van der Waals surface area contributed by atoms with Crippen LogP contribution in [0, 0.1) is 5.92 Å². The lowest BCUT2D eigenvalue weighted by atomic mass is 9.97. The molecule has 1 aromatic heterocycles. The third kappa shape index (κ3) is 2.82. The maximum absolute atomic E-state index is 3.94. The average molecular weight is 222 g/mol. The fraction of sp³-hybridized carbons (Fsp3) is 0.833. The van der Waals surface area contributed by atoms with Crippen LogP contribution in [0.3, 0.4) is 0 Å². The highest BCUT2D eigenvalue weighted by Crippen LogP contribution is 2.23. The summed E-state index contributed by atoms with van der Waals surface area (Å²) in [6, 6.07) is 0.664. The minimum Gasteiger partial charge on any atom is -0.308 e. The lowest BCUT2D eigenvalue weighted by molar-refractivity contribution is 0.352. The first kappa shape index (κ1) is 11.6. The predicted molar refractivity (Wildman–Crippen MR) is 63.9 cm³/mol. The van der Waals surface area contributed by atoms with Gasteiger partial charge in [-0.15, -0.1) is 5.10 Å². The van der Waals surface area contributed by atoms with Crippen LogP contribution in [-0.4, -0.2) is 21.0 Å². The van der Waals surface area contributed by atoms with Gasteiger partial charge >= 0.3 is 0 Å². The molecule has 2 atom stereocenters. The molecule has 0 aromatic carbocycles. The molecule has 2 rings (SSSR count). The number of hydrogen-bond acceptors (Lipinski definition) is 3. The Balaban J connectivity index is 1.86. The van der Waals surface area contributed by atoms with Crippen molar-refractivity contribution in [1.29, 1.82) is 0 Å². The van der Waals surface area contributed by atoms with E-state index in [0.717, 1.165) is 18.2 Å². The number of nitrogens with zero attached hydrogens (tertiary/aromatic N) is 3. The van der Waals surface area contributed by atoms with Crippen LogP contribution < -0.4 is 5.32 Å². The van der Waals surface area contributed by atoms with Crippen LogP contribution >= 0.6 is 0 Å². The number of nitrogens with one attached hydrogen (secondary N) is 1. The quantitative estimate of drug-likeness (QED) is 0.794. The first-order chi connectivity index (χ1) is 7.77. The molecule has 0 aliphatic heterocycles. The third-order valence-electron chi connectivity index (χ3n) is 3.72. The van der Waals surface area contributed by atoms with Crippen molar-refractivity contribution < 1.29 is 0 Å². The summed E-state index contributed by atoms with van der Waals surface area (Å²) in [6.07, 6.45) is 8.68. The van der Waals surface area contributed by atoms with Gasteiger partial charge < -0.3 is 5.32 Å². The van der Waals surface area contributed by atoms with E-state index in [4.69, 9.17) is 0 Å². The van der Waals surface area contributed by atoms with Gasteiger partial charge in [-0.25, -0.2) is 0 Å². The summed E-state index contributed by atoms with van der Waals surface area (Å²) in [7, 11) is 1.94. The summed E-state index contributed by atoms with van der Waals surface area (Å²) in [5, 5.41) is 11.5. The smallest absolute Gasteiger partial charge is 0.0738 e. The Morgan fingerprint density at radius 1 is 1.38 bits per heavy atom. The second-order valence-corrected chi connectivity index (χ2v) is 4.95. The molecule has 1 fully saturated rings. The van der Waals surface area contributed by atoms with Crippen molar-refractivity contribution in [3.05, 3.63) is 11.9 Å². The number of aryl methyl sites for hydroxylation is 1. The maximum Gasteiger partial charge on any atom is 0.0738 e. The highest BCUT2D eigenvalue weighted by atomic mass is 15.4. The van der Waals surface area contributed by atoms with E-state index in [2.05, 4.69) is 22.6 Å². The van der Waals surface area contributed by atoms with Crippen LogP contribution in [0.25, 0.3) is 0 Å². The molecule has 1 heterocycles. The molecule has 4 heteroatoms. The zero-order valence-corrected chi connectivity index (χ0v) is 10.3. The predicted octanol–water partition coefficient (Wildman–Crippen LogP) is 1.87. The van der Waals surface area contributed by atoms with Gasteiger partial charge in [0.25, 0.3) is 0 Å². The van der Waals surface area contributed by atoms with Gasteiger partial charge in [0.2, 0.25) is 0 Å². The van der Waals surface area contributed by atoms with Gasteiger partial charge in [0, 0.05) is 19.6 Å². The standard InChI is InChI=1S/C12H22N4/c1-10-6-4-3-5-7-12(10)13-8-11-9-14-15-16(11)2/h9-10,12-13H,3-8H2,1-2H3. The molecule has 90 valence electrons. The molecule has 0 radical (unpaired) electrons. The highest BCUT2D eigenvalue weighted by molar-refractivity contribution is 4.93. The Bertz CT molecular complexity index is 321. The molecule has 1 aliphatic rings. The highest BCUT2D eigenvalue weighted by Gasteiger charge is 2.19. The lowest BCUT2D eigenvalue weighted by Gasteiger charge is -2.22. The molecule has 0 amide bonds. The molecule has 1 aromatic rings. The first-order valence-corrected chi connectivity index (χ1v) is 6.34. The molecule has 0 spiro atoms. The molecule has 16 heavy (non-hydrogen) atoms. The minimum absolute atomic E-state index is 0.664. The van der Waals surface area contributed by atoms with Crippen molar-refractivity contribution in [2.45, 2.75) is 51.6 Å². The molecule has 0 saturated heterocycles. The van der Waals surface area contributed by atoms with Gasteiger partial charge in [0.1, 0.15) is 0 Å². The first-order valence-electron chi connectivity index (χ1n) is 6.34. The van der Waals surface area contributed by atoms with E-state index in [9.17, 15) is 0 Å². The van der Waals surface area contributed by atoms with Crippen LogP contribution in [0.4, 0.5) is 0 Å². The lowest BCUT2D eigenvalue weighted by Crippen LogP contribution is -2.34. The van der Waals surface area contributed by atoms with Crippen molar-refractivity contribution in [3.8, 4) is 0 Å². The maximum atomic E-state index is 3.94. The number of rotatable bonds is 3. The molecular weight excluding hydrogens is 200 g/mol. The van der Waals surface area contributed by atoms with Crippen LogP contribution in [0.2, 0.25) is 0 Å². The molecule has 1 aliphatic carbocycles. The Morgan fingerprint density at radius 3 is 2.94 bits per heavy atom. The molecule has 1 N–H and O–H groups in total. The largest absolute Gasteiger partial charge is 0.308 e. The van der Waals surface area contributed by atoms with Crippen LogP contribution in [0.1, 0.15) is 44.7 Å². The fourth-order valence-electron chi connectivity index (χ4n) is 2.50. The van der Waals surface area contributed by atoms with Gasteiger partial charge in [0.15, 0.2) is 0 Å². The second kappa shape index (κ2) is 5.43. The van der Waals surface area contributed by atoms with E-state index in [-0.39, 0.29) is 0 Å². The normalized spacial score (nSPS) is 26.6. The van der Waals surface area contributed by atoms with E-state index in [1.54, 1.807) is 0 Å². The summed E-state index contributed by atoms with van der Waals surface area (Å²) < 4.78 is 1.84. The van der Waals surface area contributed by atoms with Crippen molar-refractivity contribution in [3.63, 3.8) is 0 Å². The Hall–Kier alpha value is -0.900. The van der Waals surface area contributed by atoms with Gasteiger partial charge in [0.05, 0.1) is 11.9 Å². The molecule has 2 unspecified atom stereocenters. The van der Waals surface area contributed by atoms with E-state index >= 15 is 0 Å². The Labute approximate surface area is 97.4 Å². The summed E-state index contributed by atoms with van der Waals surface area (Å²) in [6.45, 7) is 3.25. The molecule has 1 saturated carbocycles. The van der Waals surface area contributed by atoms with Gasteiger partial charge in [-0.1, -0.05) is 31.4 Å². The Kier molecular flexibility index (Phi) is 3.93.